The molecule has 0 bridgehead atoms. The molecule has 0 fully saturated rings. The number of carbonyl (C=O) groups is 2. The standard InChI is InChI=1S/C14H10F10N2O2/c1-25(2)10(28)26(8-5-3-7(4-6-8)12(17,18)19)9(27)11(15,16)13(20,21)14(22,23)24/h3-6H,1-2H3. The number of benzene rings is 1. The quantitative estimate of drug-likeness (QED) is 0.663. The minimum Gasteiger partial charge on any atom is -0.330 e. The Morgan fingerprint density at radius 3 is 1.54 bits per heavy atom. The summed E-state index contributed by atoms with van der Waals surface area (Å²) in [5, 5.41) is 0. The van der Waals surface area contributed by atoms with Crippen LogP contribution in [0.5, 0.6) is 0 Å². The van der Waals surface area contributed by atoms with Crippen LogP contribution in [0.3, 0.4) is 0 Å². The molecule has 14 heteroatoms. The van der Waals surface area contributed by atoms with Gasteiger partial charge in [0.25, 0.3) is 0 Å². The van der Waals surface area contributed by atoms with E-state index in [2.05, 4.69) is 0 Å². The lowest BCUT2D eigenvalue weighted by Crippen LogP contribution is -2.62. The summed E-state index contributed by atoms with van der Waals surface area (Å²) in [5.74, 6) is -16.6. The van der Waals surface area contributed by atoms with E-state index < -0.39 is 52.3 Å². The van der Waals surface area contributed by atoms with Gasteiger partial charge < -0.3 is 4.90 Å². The minimum absolute atomic E-state index is 0.221. The number of amides is 3. The van der Waals surface area contributed by atoms with Crippen molar-refractivity contribution >= 4 is 17.6 Å². The van der Waals surface area contributed by atoms with Gasteiger partial charge in [-0.1, -0.05) is 0 Å². The summed E-state index contributed by atoms with van der Waals surface area (Å²) in [6.45, 7) is 0. The molecule has 1 aromatic carbocycles. The maximum Gasteiger partial charge on any atom is 0.460 e. The molecule has 0 saturated carbocycles. The number of nitrogens with zero attached hydrogens (tertiary/aromatic N) is 2. The molecule has 0 aliphatic carbocycles. The van der Waals surface area contributed by atoms with Crippen LogP contribution in [-0.2, 0) is 11.0 Å². The van der Waals surface area contributed by atoms with Crippen molar-refractivity contribution in [1.29, 1.82) is 0 Å². The van der Waals surface area contributed by atoms with Gasteiger partial charge in [-0.2, -0.15) is 43.9 Å². The van der Waals surface area contributed by atoms with Gasteiger partial charge >= 0.3 is 36.1 Å². The Morgan fingerprint density at radius 2 is 1.21 bits per heavy atom. The fraction of sp³-hybridized carbons (Fsp3) is 0.429. The Balaban J connectivity index is 3.51. The van der Waals surface area contributed by atoms with Crippen LogP contribution in [0, 0.1) is 0 Å². The average molecular weight is 428 g/mol. The first-order chi connectivity index (χ1) is 12.4. The lowest BCUT2D eigenvalue weighted by Gasteiger charge is -2.32. The first-order valence-corrected chi connectivity index (χ1v) is 6.91. The van der Waals surface area contributed by atoms with Gasteiger partial charge in [0.05, 0.1) is 11.3 Å². The third-order valence-corrected chi connectivity index (χ3v) is 3.25. The van der Waals surface area contributed by atoms with E-state index in [1.54, 1.807) is 0 Å². The number of imide groups is 1. The van der Waals surface area contributed by atoms with Crippen molar-refractivity contribution in [3.8, 4) is 0 Å². The van der Waals surface area contributed by atoms with Crippen molar-refractivity contribution in [1.82, 2.24) is 4.90 Å². The zero-order valence-corrected chi connectivity index (χ0v) is 13.8. The summed E-state index contributed by atoms with van der Waals surface area (Å²) in [5.41, 5.74) is -2.43. The van der Waals surface area contributed by atoms with E-state index in [0.29, 0.717) is 17.0 Å². The van der Waals surface area contributed by atoms with Gasteiger partial charge in [0.15, 0.2) is 0 Å². The predicted octanol–water partition coefficient (Wildman–Crippen LogP) is 4.55. The highest BCUT2D eigenvalue weighted by Gasteiger charge is 2.77. The Morgan fingerprint density at radius 1 is 0.786 bits per heavy atom. The zero-order valence-electron chi connectivity index (χ0n) is 13.8. The molecule has 0 radical (unpaired) electrons. The van der Waals surface area contributed by atoms with Crippen LogP contribution < -0.4 is 4.90 Å². The molecule has 4 nitrogen and oxygen atoms in total. The molecule has 0 spiro atoms. The molecule has 0 aromatic heterocycles. The monoisotopic (exact) mass is 428 g/mol. The molecular formula is C14H10F10N2O2. The SMILES string of the molecule is CN(C)C(=O)N(C(=O)C(F)(F)C(F)(F)C(F)(F)F)c1ccc(C(F)(F)F)cc1. The highest BCUT2D eigenvalue weighted by molar-refractivity contribution is 6.16. The Labute approximate surface area is 150 Å². The maximum absolute atomic E-state index is 13.7. The second-order valence-electron chi connectivity index (χ2n) is 5.51. The molecule has 0 atom stereocenters. The first kappa shape index (κ1) is 23.5. The fourth-order valence-electron chi connectivity index (χ4n) is 1.77. The van der Waals surface area contributed by atoms with Crippen molar-refractivity contribution < 1.29 is 53.5 Å². The van der Waals surface area contributed by atoms with Crippen molar-refractivity contribution in [2.24, 2.45) is 0 Å². The molecule has 0 N–H and O–H groups in total. The van der Waals surface area contributed by atoms with Gasteiger partial charge in [0.1, 0.15) is 0 Å². The van der Waals surface area contributed by atoms with Crippen LogP contribution in [0.25, 0.3) is 0 Å². The van der Waals surface area contributed by atoms with E-state index in [1.165, 1.54) is 0 Å². The number of rotatable bonds is 3. The molecule has 0 unspecified atom stereocenters. The highest BCUT2D eigenvalue weighted by Crippen LogP contribution is 2.47. The normalized spacial score (nSPS) is 13.3. The summed E-state index contributed by atoms with van der Waals surface area (Å²) in [6.07, 6.45) is -11.8. The van der Waals surface area contributed by atoms with Crippen molar-refractivity contribution in [2.75, 3.05) is 19.0 Å². The van der Waals surface area contributed by atoms with Gasteiger partial charge in [-0.3, -0.25) is 4.79 Å². The Bertz CT molecular complexity index is 738. The van der Waals surface area contributed by atoms with E-state index in [-0.39, 0.29) is 12.1 Å². The Kier molecular flexibility index (Phi) is 5.98. The van der Waals surface area contributed by atoms with E-state index in [4.69, 9.17) is 0 Å². The van der Waals surface area contributed by atoms with Gasteiger partial charge in [-0.25, -0.2) is 9.69 Å². The van der Waals surface area contributed by atoms with E-state index >= 15 is 0 Å². The number of halogens is 10. The number of hydrogen-bond acceptors (Lipinski definition) is 2. The third kappa shape index (κ3) is 4.14. The number of carbonyl (C=O) groups excluding carboxylic acids is 2. The summed E-state index contributed by atoms with van der Waals surface area (Å²) in [7, 11) is 1.68. The van der Waals surface area contributed by atoms with E-state index in [1.807, 2.05) is 0 Å². The van der Waals surface area contributed by atoms with Crippen LogP contribution >= 0.6 is 0 Å². The fourth-order valence-corrected chi connectivity index (χ4v) is 1.77. The van der Waals surface area contributed by atoms with Crippen LogP contribution in [0.15, 0.2) is 24.3 Å². The topological polar surface area (TPSA) is 40.6 Å². The first-order valence-electron chi connectivity index (χ1n) is 6.91. The maximum atomic E-state index is 13.7. The van der Waals surface area contributed by atoms with Crippen LogP contribution in [-0.4, -0.2) is 49.0 Å². The second kappa shape index (κ2) is 7.13. The van der Waals surface area contributed by atoms with Gasteiger partial charge in [0, 0.05) is 14.1 Å². The van der Waals surface area contributed by atoms with Gasteiger partial charge in [-0.05, 0) is 24.3 Å². The number of anilines is 1. The summed E-state index contributed by atoms with van der Waals surface area (Å²) in [4.78, 5) is 23.4. The van der Waals surface area contributed by atoms with Crippen molar-refractivity contribution in [3.63, 3.8) is 0 Å². The van der Waals surface area contributed by atoms with Crippen LogP contribution in [0.2, 0.25) is 0 Å². The lowest BCUT2D eigenvalue weighted by molar-refractivity contribution is -0.343. The van der Waals surface area contributed by atoms with E-state index in [0.717, 1.165) is 14.1 Å². The molecule has 28 heavy (non-hydrogen) atoms. The molecule has 0 aliphatic heterocycles. The third-order valence-electron chi connectivity index (χ3n) is 3.25. The van der Waals surface area contributed by atoms with E-state index in [9.17, 15) is 53.5 Å². The van der Waals surface area contributed by atoms with Crippen LogP contribution in [0.1, 0.15) is 5.56 Å². The minimum atomic E-state index is -6.85. The molecule has 0 saturated heterocycles. The molecule has 1 aromatic rings. The second-order valence-corrected chi connectivity index (χ2v) is 5.51. The van der Waals surface area contributed by atoms with Gasteiger partial charge in [-0.15, -0.1) is 0 Å². The Hall–Kier alpha value is -2.54. The van der Waals surface area contributed by atoms with Crippen molar-refractivity contribution in [3.05, 3.63) is 29.8 Å². The van der Waals surface area contributed by atoms with Crippen molar-refractivity contribution in [2.45, 2.75) is 24.2 Å². The number of hydrogen-bond donors (Lipinski definition) is 0. The zero-order chi connectivity index (χ0) is 22.3. The number of alkyl halides is 10. The smallest absolute Gasteiger partial charge is 0.330 e. The molecule has 158 valence electrons. The molecule has 1 rings (SSSR count). The summed E-state index contributed by atoms with van der Waals surface area (Å²) < 4.78 is 128. The van der Waals surface area contributed by atoms with Crippen LogP contribution in [0.4, 0.5) is 54.4 Å². The predicted molar refractivity (Wildman–Crippen MR) is 74.0 cm³/mol. The largest absolute Gasteiger partial charge is 0.460 e. The lowest BCUT2D eigenvalue weighted by atomic mass is 10.1. The summed E-state index contributed by atoms with van der Waals surface area (Å²) in [6, 6.07) is -0.757. The molecule has 3 amide bonds. The number of urea groups is 1. The average Bonchev–Trinajstić information content (AvgIpc) is 2.53. The van der Waals surface area contributed by atoms with Gasteiger partial charge in [0.2, 0.25) is 0 Å². The highest BCUT2D eigenvalue weighted by atomic mass is 19.4. The molecule has 0 heterocycles. The molecular weight excluding hydrogens is 418 g/mol. The summed E-state index contributed by atoms with van der Waals surface area (Å²) >= 11 is 0. The molecule has 0 aliphatic rings.